The third kappa shape index (κ3) is 30.6. The Morgan fingerprint density at radius 3 is 0.780 bits per heavy atom. The minimum atomic E-state index is 0.508. The second-order valence-corrected chi connectivity index (χ2v) is 10.4. The van der Waals surface area contributed by atoms with Crippen LogP contribution in [-0.4, -0.2) is 159 Å². The monoisotopic (exact) mass is 712 g/mol. The zero-order valence-electron chi connectivity index (χ0n) is 29.8. The molecule has 50 heavy (non-hydrogen) atoms. The molecule has 0 aromatic heterocycles. The summed E-state index contributed by atoms with van der Waals surface area (Å²) in [6.45, 7) is 13.1. The molecule has 0 amide bonds. The molecule has 0 spiro atoms. The SMILES string of the molecule is c1ccc(COCCOCCOCCOCCOCCOCCOCCOCCOCCOCCOCCOCCOc2ccccc2)cc1. The summed E-state index contributed by atoms with van der Waals surface area (Å²) in [5.41, 5.74) is 1.16. The van der Waals surface area contributed by atoms with Gasteiger partial charge in [-0.3, -0.25) is 0 Å². The van der Waals surface area contributed by atoms with Crippen LogP contribution in [0.4, 0.5) is 0 Å². The van der Waals surface area contributed by atoms with Crippen LogP contribution in [0.15, 0.2) is 60.7 Å². The molecule has 0 saturated heterocycles. The molecule has 2 rings (SSSR count). The average Bonchev–Trinajstić information content (AvgIpc) is 3.15. The number of benzene rings is 2. The van der Waals surface area contributed by atoms with Crippen LogP contribution in [0.25, 0.3) is 0 Å². The topological polar surface area (TPSA) is 120 Å². The van der Waals surface area contributed by atoms with Crippen molar-refractivity contribution < 1.29 is 61.6 Å². The first-order chi connectivity index (χ1) is 24.9. The van der Waals surface area contributed by atoms with Crippen LogP contribution in [0.1, 0.15) is 5.56 Å². The number of rotatable bonds is 39. The van der Waals surface area contributed by atoms with Crippen molar-refractivity contribution in [3.05, 3.63) is 66.2 Å². The minimum absolute atomic E-state index is 0.508. The lowest BCUT2D eigenvalue weighted by Gasteiger charge is -2.09. The molecular formula is C37H60O13. The van der Waals surface area contributed by atoms with Crippen molar-refractivity contribution >= 4 is 0 Å². The summed E-state index contributed by atoms with van der Waals surface area (Å²) < 4.78 is 71.5. The zero-order chi connectivity index (χ0) is 35.1. The van der Waals surface area contributed by atoms with E-state index >= 15 is 0 Å². The molecule has 0 aliphatic carbocycles. The number of hydrogen-bond acceptors (Lipinski definition) is 13. The minimum Gasteiger partial charge on any atom is -0.491 e. The zero-order valence-corrected chi connectivity index (χ0v) is 29.8. The van der Waals surface area contributed by atoms with Crippen molar-refractivity contribution in [3.63, 3.8) is 0 Å². The Morgan fingerprint density at radius 1 is 0.240 bits per heavy atom. The lowest BCUT2D eigenvalue weighted by molar-refractivity contribution is -0.0287. The maximum atomic E-state index is 5.57. The summed E-state index contributed by atoms with van der Waals surface area (Å²) >= 11 is 0. The average molecular weight is 713 g/mol. The van der Waals surface area contributed by atoms with E-state index in [2.05, 4.69) is 0 Å². The van der Waals surface area contributed by atoms with Gasteiger partial charge in [-0.15, -0.1) is 0 Å². The van der Waals surface area contributed by atoms with Gasteiger partial charge in [-0.05, 0) is 17.7 Å². The van der Waals surface area contributed by atoms with Crippen LogP contribution in [0.2, 0.25) is 0 Å². The first kappa shape index (κ1) is 43.9. The fourth-order valence-corrected chi connectivity index (χ4v) is 3.92. The number of hydrogen-bond donors (Lipinski definition) is 0. The molecule has 286 valence electrons. The molecule has 0 atom stereocenters. The van der Waals surface area contributed by atoms with E-state index in [1.807, 2.05) is 60.7 Å². The predicted molar refractivity (Wildman–Crippen MR) is 187 cm³/mol. The molecule has 0 heterocycles. The first-order valence-electron chi connectivity index (χ1n) is 17.6. The fourth-order valence-electron chi connectivity index (χ4n) is 3.92. The van der Waals surface area contributed by atoms with Crippen molar-refractivity contribution in [1.82, 2.24) is 0 Å². The van der Waals surface area contributed by atoms with Gasteiger partial charge in [-0.2, -0.15) is 0 Å². The normalized spacial score (nSPS) is 11.4. The van der Waals surface area contributed by atoms with Crippen molar-refractivity contribution in [1.29, 1.82) is 0 Å². The Bertz CT molecular complexity index is 851. The summed E-state index contributed by atoms with van der Waals surface area (Å²) in [6, 6.07) is 19.8. The lowest BCUT2D eigenvalue weighted by Crippen LogP contribution is -2.15. The van der Waals surface area contributed by atoms with E-state index in [0.29, 0.717) is 165 Å². The maximum Gasteiger partial charge on any atom is 0.119 e. The highest BCUT2D eigenvalue weighted by molar-refractivity contribution is 5.20. The molecule has 0 radical (unpaired) electrons. The van der Waals surface area contributed by atoms with Crippen molar-refractivity contribution in [2.75, 3.05) is 159 Å². The molecule has 0 bridgehead atoms. The standard InChI is InChI=1S/C37H60O13/c1-3-7-36(8-4-1)35-49-32-31-47-28-27-45-24-23-43-20-19-41-16-15-39-12-11-38-13-14-40-17-18-42-21-22-44-25-26-46-29-30-48-33-34-50-37-9-5-2-6-10-37/h1-10H,11-35H2. The third-order valence-corrected chi connectivity index (χ3v) is 6.44. The lowest BCUT2D eigenvalue weighted by atomic mass is 10.2. The molecule has 0 unspecified atom stereocenters. The molecule has 0 aliphatic rings. The first-order valence-corrected chi connectivity index (χ1v) is 17.6. The van der Waals surface area contributed by atoms with Gasteiger partial charge >= 0.3 is 0 Å². The van der Waals surface area contributed by atoms with Crippen LogP contribution in [0.5, 0.6) is 5.75 Å². The molecular weight excluding hydrogens is 652 g/mol. The van der Waals surface area contributed by atoms with Crippen LogP contribution >= 0.6 is 0 Å². The highest BCUT2D eigenvalue weighted by atomic mass is 16.6. The summed E-state index contributed by atoms with van der Waals surface area (Å²) in [4.78, 5) is 0. The fraction of sp³-hybridized carbons (Fsp3) is 0.676. The third-order valence-electron chi connectivity index (χ3n) is 6.44. The largest absolute Gasteiger partial charge is 0.491 e. The van der Waals surface area contributed by atoms with Gasteiger partial charge in [-0.1, -0.05) is 48.5 Å². The Labute approximate surface area is 298 Å². The molecule has 2 aromatic rings. The highest BCUT2D eigenvalue weighted by Crippen LogP contribution is 2.07. The van der Waals surface area contributed by atoms with Gasteiger partial charge in [0, 0.05) is 0 Å². The van der Waals surface area contributed by atoms with Gasteiger partial charge < -0.3 is 61.6 Å². The predicted octanol–water partition coefficient (Wildman–Crippen LogP) is 3.46. The Balaban J connectivity index is 1.12. The van der Waals surface area contributed by atoms with Crippen LogP contribution < -0.4 is 4.74 Å². The summed E-state index contributed by atoms with van der Waals surface area (Å²) in [6.07, 6.45) is 0. The van der Waals surface area contributed by atoms with E-state index in [4.69, 9.17) is 61.6 Å². The van der Waals surface area contributed by atoms with E-state index < -0.39 is 0 Å². The maximum absolute atomic E-state index is 5.57. The van der Waals surface area contributed by atoms with Gasteiger partial charge in [0.25, 0.3) is 0 Å². The summed E-state index contributed by atoms with van der Waals surface area (Å²) in [5.74, 6) is 0.843. The molecule has 0 saturated carbocycles. The van der Waals surface area contributed by atoms with Crippen molar-refractivity contribution in [3.8, 4) is 5.75 Å². The highest BCUT2D eigenvalue weighted by Gasteiger charge is 1.98. The Morgan fingerprint density at radius 2 is 0.480 bits per heavy atom. The molecule has 0 fully saturated rings. The molecule has 2 aromatic carbocycles. The Hall–Kier alpha value is -2.24. The molecule has 13 nitrogen and oxygen atoms in total. The molecule has 0 aliphatic heterocycles. The number of ether oxygens (including phenoxy) is 13. The van der Waals surface area contributed by atoms with Crippen LogP contribution in [0, 0.1) is 0 Å². The van der Waals surface area contributed by atoms with Crippen molar-refractivity contribution in [2.24, 2.45) is 0 Å². The van der Waals surface area contributed by atoms with E-state index in [1.165, 1.54) is 0 Å². The quantitative estimate of drug-likeness (QED) is 0.0943. The van der Waals surface area contributed by atoms with E-state index in [9.17, 15) is 0 Å². The van der Waals surface area contributed by atoms with E-state index in [-0.39, 0.29) is 0 Å². The van der Waals surface area contributed by atoms with E-state index in [1.54, 1.807) is 0 Å². The van der Waals surface area contributed by atoms with E-state index in [0.717, 1.165) is 11.3 Å². The van der Waals surface area contributed by atoms with Crippen LogP contribution in [-0.2, 0) is 63.4 Å². The van der Waals surface area contributed by atoms with Gasteiger partial charge in [-0.25, -0.2) is 0 Å². The number of para-hydroxylation sites is 1. The van der Waals surface area contributed by atoms with Gasteiger partial charge in [0.2, 0.25) is 0 Å². The van der Waals surface area contributed by atoms with Gasteiger partial charge in [0.1, 0.15) is 12.4 Å². The summed E-state index contributed by atoms with van der Waals surface area (Å²) in [5, 5.41) is 0. The van der Waals surface area contributed by atoms with Gasteiger partial charge in [0.05, 0.1) is 159 Å². The molecule has 13 heteroatoms. The van der Waals surface area contributed by atoms with Crippen molar-refractivity contribution in [2.45, 2.75) is 6.61 Å². The van der Waals surface area contributed by atoms with Crippen LogP contribution in [0.3, 0.4) is 0 Å². The smallest absolute Gasteiger partial charge is 0.119 e. The second kappa shape index (κ2) is 36.5. The summed E-state index contributed by atoms with van der Waals surface area (Å²) in [7, 11) is 0. The van der Waals surface area contributed by atoms with Gasteiger partial charge in [0.15, 0.2) is 0 Å². The second-order valence-electron chi connectivity index (χ2n) is 10.4. The Kier molecular flexibility index (Phi) is 32.1. The molecule has 0 N–H and O–H groups in total.